The summed E-state index contributed by atoms with van der Waals surface area (Å²) in [5.41, 5.74) is 9.08. The number of fused-ring (bicyclic) bond motifs is 1. The fourth-order valence-corrected chi connectivity index (χ4v) is 2.21. The van der Waals surface area contributed by atoms with Gasteiger partial charge in [-0.25, -0.2) is 4.98 Å². The number of rotatable bonds is 4. The summed E-state index contributed by atoms with van der Waals surface area (Å²) < 4.78 is 10.6. The average molecular weight is 284 g/mol. The largest absolute Gasteiger partial charge is 0.493 e. The average Bonchev–Trinajstić information content (AvgIpc) is 2.96. The van der Waals surface area contributed by atoms with Crippen LogP contribution in [0.1, 0.15) is 5.69 Å². The van der Waals surface area contributed by atoms with E-state index in [0.29, 0.717) is 18.0 Å². The Hall–Kier alpha value is -2.60. The number of imidazole rings is 1. The molecule has 0 atom stereocenters. The van der Waals surface area contributed by atoms with Crippen LogP contribution < -0.4 is 15.2 Å². The molecule has 0 saturated heterocycles. The Morgan fingerprint density at radius 1 is 1.14 bits per heavy atom. The van der Waals surface area contributed by atoms with E-state index in [-0.39, 0.29) is 0 Å². The fraction of sp³-hybridized carbons (Fsp3) is 0.200. The molecule has 2 heterocycles. The summed E-state index contributed by atoms with van der Waals surface area (Å²) in [6.07, 6.45) is 1.73. The molecule has 21 heavy (non-hydrogen) atoms. The predicted octanol–water partition coefficient (Wildman–Crippen LogP) is 2.10. The number of hydrogen-bond donors (Lipinski definition) is 2. The molecule has 3 aromatic rings. The third kappa shape index (κ3) is 2.41. The molecule has 6 nitrogen and oxygen atoms in total. The van der Waals surface area contributed by atoms with Gasteiger partial charge in [0.15, 0.2) is 11.5 Å². The normalized spacial score (nSPS) is 10.8. The Labute approximate surface area is 121 Å². The lowest BCUT2D eigenvalue weighted by Crippen LogP contribution is -1.99. The number of pyridine rings is 1. The highest BCUT2D eigenvalue weighted by Crippen LogP contribution is 2.32. The van der Waals surface area contributed by atoms with Gasteiger partial charge in [-0.2, -0.15) is 0 Å². The molecule has 0 radical (unpaired) electrons. The molecule has 0 unspecified atom stereocenters. The molecule has 3 rings (SSSR count). The van der Waals surface area contributed by atoms with E-state index in [4.69, 9.17) is 15.2 Å². The first kappa shape index (κ1) is 13.4. The lowest BCUT2D eigenvalue weighted by molar-refractivity contribution is 0.356. The van der Waals surface area contributed by atoms with Gasteiger partial charge in [0.1, 0.15) is 5.82 Å². The molecule has 0 aliphatic rings. The minimum atomic E-state index is 0.399. The van der Waals surface area contributed by atoms with Crippen LogP contribution in [-0.2, 0) is 6.54 Å². The highest BCUT2D eigenvalue weighted by Gasteiger charge is 2.11. The summed E-state index contributed by atoms with van der Waals surface area (Å²) >= 11 is 0. The van der Waals surface area contributed by atoms with Gasteiger partial charge in [-0.1, -0.05) is 0 Å². The first-order chi connectivity index (χ1) is 10.2. The van der Waals surface area contributed by atoms with Crippen LogP contribution in [0.5, 0.6) is 11.5 Å². The molecule has 0 aliphatic carbocycles. The van der Waals surface area contributed by atoms with Crippen molar-refractivity contribution in [3.63, 3.8) is 0 Å². The third-order valence-corrected chi connectivity index (χ3v) is 3.29. The Kier molecular flexibility index (Phi) is 3.45. The summed E-state index contributed by atoms with van der Waals surface area (Å²) in [6.45, 7) is 0.399. The van der Waals surface area contributed by atoms with Crippen LogP contribution in [0.25, 0.3) is 22.4 Å². The van der Waals surface area contributed by atoms with Gasteiger partial charge >= 0.3 is 0 Å². The van der Waals surface area contributed by atoms with Crippen molar-refractivity contribution >= 4 is 11.0 Å². The number of H-pyrrole nitrogens is 1. The van der Waals surface area contributed by atoms with Crippen LogP contribution in [0.4, 0.5) is 0 Å². The van der Waals surface area contributed by atoms with Crippen LogP contribution in [0.2, 0.25) is 0 Å². The number of nitrogens with two attached hydrogens (primary N) is 1. The number of benzene rings is 1. The lowest BCUT2D eigenvalue weighted by atomic mass is 10.2. The molecule has 108 valence electrons. The van der Waals surface area contributed by atoms with Crippen molar-refractivity contribution in [2.24, 2.45) is 5.73 Å². The number of hydrogen-bond acceptors (Lipinski definition) is 5. The topological polar surface area (TPSA) is 86.0 Å². The molecule has 0 fully saturated rings. The number of methoxy groups -OCH3 is 2. The van der Waals surface area contributed by atoms with Crippen molar-refractivity contribution in [1.82, 2.24) is 15.0 Å². The van der Waals surface area contributed by atoms with Gasteiger partial charge in [-0.15, -0.1) is 0 Å². The van der Waals surface area contributed by atoms with Crippen LogP contribution in [-0.4, -0.2) is 29.2 Å². The van der Waals surface area contributed by atoms with Crippen molar-refractivity contribution in [2.75, 3.05) is 14.2 Å². The lowest BCUT2D eigenvalue weighted by Gasteiger charge is -2.06. The summed E-state index contributed by atoms with van der Waals surface area (Å²) in [6, 6.07) is 7.53. The van der Waals surface area contributed by atoms with Crippen molar-refractivity contribution < 1.29 is 9.47 Å². The van der Waals surface area contributed by atoms with Gasteiger partial charge in [0.2, 0.25) is 0 Å². The zero-order chi connectivity index (χ0) is 14.8. The van der Waals surface area contributed by atoms with Gasteiger partial charge in [0.25, 0.3) is 0 Å². The number of ether oxygens (including phenoxy) is 2. The van der Waals surface area contributed by atoms with E-state index in [9.17, 15) is 0 Å². The van der Waals surface area contributed by atoms with Crippen molar-refractivity contribution in [3.05, 3.63) is 36.2 Å². The van der Waals surface area contributed by atoms with E-state index in [2.05, 4.69) is 15.0 Å². The maximum Gasteiger partial charge on any atom is 0.163 e. The molecule has 3 N–H and O–H groups in total. The summed E-state index contributed by atoms with van der Waals surface area (Å²) in [7, 11) is 3.21. The Morgan fingerprint density at radius 2 is 1.90 bits per heavy atom. The molecule has 0 amide bonds. The van der Waals surface area contributed by atoms with Gasteiger partial charge in [0.05, 0.1) is 30.9 Å². The highest BCUT2D eigenvalue weighted by molar-refractivity contribution is 5.83. The summed E-state index contributed by atoms with van der Waals surface area (Å²) in [4.78, 5) is 12.0. The summed E-state index contributed by atoms with van der Waals surface area (Å²) in [5.74, 6) is 2.08. The quantitative estimate of drug-likeness (QED) is 0.766. The first-order valence-electron chi connectivity index (χ1n) is 6.52. The first-order valence-corrected chi connectivity index (χ1v) is 6.52. The number of nitrogens with one attached hydrogen (secondary N) is 1. The van der Waals surface area contributed by atoms with E-state index in [0.717, 1.165) is 28.1 Å². The number of nitrogens with zero attached hydrogens (tertiary/aromatic N) is 2. The maximum absolute atomic E-state index is 5.62. The molecule has 0 bridgehead atoms. The van der Waals surface area contributed by atoms with E-state index in [1.807, 2.05) is 24.3 Å². The summed E-state index contributed by atoms with van der Waals surface area (Å²) in [5, 5.41) is 0. The van der Waals surface area contributed by atoms with Crippen LogP contribution in [0, 0.1) is 0 Å². The van der Waals surface area contributed by atoms with Crippen LogP contribution in [0.15, 0.2) is 30.5 Å². The zero-order valence-electron chi connectivity index (χ0n) is 11.9. The van der Waals surface area contributed by atoms with Gasteiger partial charge in [-0.3, -0.25) is 4.98 Å². The van der Waals surface area contributed by atoms with Gasteiger partial charge in [0, 0.05) is 30.4 Å². The minimum Gasteiger partial charge on any atom is -0.493 e. The van der Waals surface area contributed by atoms with E-state index >= 15 is 0 Å². The SMILES string of the molecule is COc1cc2nc(-c3ccnc(CN)c3)[nH]c2cc1OC. The molecule has 0 spiro atoms. The molecular formula is C15H16N4O2. The fourth-order valence-electron chi connectivity index (χ4n) is 2.21. The Balaban J connectivity index is 2.12. The number of aromatic amines is 1. The molecule has 1 aromatic carbocycles. The zero-order valence-corrected chi connectivity index (χ0v) is 11.9. The Bertz CT molecular complexity index is 741. The Morgan fingerprint density at radius 3 is 2.62 bits per heavy atom. The third-order valence-electron chi connectivity index (χ3n) is 3.29. The molecule has 2 aromatic heterocycles. The highest BCUT2D eigenvalue weighted by atomic mass is 16.5. The van der Waals surface area contributed by atoms with E-state index in [1.165, 1.54) is 0 Å². The minimum absolute atomic E-state index is 0.399. The van der Waals surface area contributed by atoms with E-state index in [1.54, 1.807) is 20.4 Å². The molecule has 0 aliphatic heterocycles. The smallest absolute Gasteiger partial charge is 0.163 e. The van der Waals surface area contributed by atoms with Gasteiger partial charge in [-0.05, 0) is 12.1 Å². The van der Waals surface area contributed by atoms with Crippen LogP contribution >= 0.6 is 0 Å². The van der Waals surface area contributed by atoms with Crippen molar-refractivity contribution in [1.29, 1.82) is 0 Å². The number of aromatic nitrogens is 3. The van der Waals surface area contributed by atoms with Crippen molar-refractivity contribution in [2.45, 2.75) is 6.54 Å². The van der Waals surface area contributed by atoms with Crippen LogP contribution in [0.3, 0.4) is 0 Å². The second kappa shape index (κ2) is 5.41. The van der Waals surface area contributed by atoms with E-state index < -0.39 is 0 Å². The maximum atomic E-state index is 5.62. The second-order valence-corrected chi connectivity index (χ2v) is 4.55. The second-order valence-electron chi connectivity index (χ2n) is 4.55. The monoisotopic (exact) mass is 284 g/mol. The molecule has 0 saturated carbocycles. The molecular weight excluding hydrogens is 268 g/mol. The standard InChI is InChI=1S/C15H16N4O2/c1-20-13-6-11-12(7-14(13)21-2)19-15(18-11)9-3-4-17-10(5-9)8-16/h3-7H,8,16H2,1-2H3,(H,18,19). The molecule has 6 heteroatoms. The van der Waals surface area contributed by atoms with Gasteiger partial charge < -0.3 is 20.2 Å². The predicted molar refractivity (Wildman–Crippen MR) is 80.3 cm³/mol. The van der Waals surface area contributed by atoms with Crippen molar-refractivity contribution in [3.8, 4) is 22.9 Å².